The SMILES string of the molecule is CNC(=O)c1ccc(NCCCOCCO)nn1. The highest BCUT2D eigenvalue weighted by molar-refractivity contribution is 5.91. The molecule has 0 saturated carbocycles. The summed E-state index contributed by atoms with van der Waals surface area (Å²) in [5, 5.41) is 21.7. The number of amides is 1. The van der Waals surface area contributed by atoms with E-state index in [0.717, 1.165) is 6.42 Å². The molecule has 0 fully saturated rings. The van der Waals surface area contributed by atoms with E-state index >= 15 is 0 Å². The highest BCUT2D eigenvalue weighted by Gasteiger charge is 2.04. The first-order valence-corrected chi connectivity index (χ1v) is 5.76. The van der Waals surface area contributed by atoms with Crippen molar-refractivity contribution in [3.05, 3.63) is 17.8 Å². The quantitative estimate of drug-likeness (QED) is 0.549. The lowest BCUT2D eigenvalue weighted by atomic mass is 10.3. The molecule has 7 nitrogen and oxygen atoms in total. The van der Waals surface area contributed by atoms with Crippen LogP contribution in [0.5, 0.6) is 0 Å². The number of hydrogen-bond donors (Lipinski definition) is 3. The second kappa shape index (κ2) is 8.37. The number of ether oxygens (including phenoxy) is 1. The maximum Gasteiger partial charge on any atom is 0.271 e. The van der Waals surface area contributed by atoms with E-state index in [-0.39, 0.29) is 18.2 Å². The van der Waals surface area contributed by atoms with E-state index in [4.69, 9.17) is 9.84 Å². The summed E-state index contributed by atoms with van der Waals surface area (Å²) in [5.41, 5.74) is 0.286. The van der Waals surface area contributed by atoms with Gasteiger partial charge >= 0.3 is 0 Å². The zero-order valence-corrected chi connectivity index (χ0v) is 10.3. The van der Waals surface area contributed by atoms with Gasteiger partial charge in [0.05, 0.1) is 13.2 Å². The van der Waals surface area contributed by atoms with E-state index in [1.807, 2.05) is 0 Å². The normalized spacial score (nSPS) is 10.1. The molecule has 0 atom stereocenters. The van der Waals surface area contributed by atoms with Crippen LogP contribution in [0.25, 0.3) is 0 Å². The van der Waals surface area contributed by atoms with Crippen molar-refractivity contribution in [2.45, 2.75) is 6.42 Å². The third-order valence-corrected chi connectivity index (χ3v) is 2.13. The third kappa shape index (κ3) is 5.07. The molecule has 18 heavy (non-hydrogen) atoms. The fourth-order valence-corrected chi connectivity index (χ4v) is 1.23. The third-order valence-electron chi connectivity index (χ3n) is 2.13. The molecular weight excluding hydrogens is 236 g/mol. The van der Waals surface area contributed by atoms with Gasteiger partial charge in [-0.15, -0.1) is 10.2 Å². The molecule has 0 aliphatic rings. The van der Waals surface area contributed by atoms with Crippen molar-refractivity contribution in [1.29, 1.82) is 0 Å². The minimum absolute atomic E-state index is 0.0415. The zero-order valence-electron chi connectivity index (χ0n) is 10.3. The Hall–Kier alpha value is -1.73. The summed E-state index contributed by atoms with van der Waals surface area (Å²) in [4.78, 5) is 11.2. The van der Waals surface area contributed by atoms with Gasteiger partial charge in [-0.2, -0.15) is 0 Å². The Morgan fingerprint density at radius 2 is 2.22 bits per heavy atom. The number of carbonyl (C=O) groups is 1. The van der Waals surface area contributed by atoms with Crippen LogP contribution in [0.3, 0.4) is 0 Å². The number of aromatic nitrogens is 2. The molecule has 0 aromatic carbocycles. The van der Waals surface area contributed by atoms with E-state index in [1.54, 1.807) is 19.2 Å². The van der Waals surface area contributed by atoms with Crippen molar-refractivity contribution in [2.24, 2.45) is 0 Å². The van der Waals surface area contributed by atoms with Crippen LogP contribution in [0.1, 0.15) is 16.9 Å². The van der Waals surface area contributed by atoms with Gasteiger partial charge in [0.15, 0.2) is 5.69 Å². The van der Waals surface area contributed by atoms with Crippen molar-refractivity contribution in [3.8, 4) is 0 Å². The number of nitrogens with zero attached hydrogens (tertiary/aromatic N) is 2. The Morgan fingerprint density at radius 1 is 1.39 bits per heavy atom. The van der Waals surface area contributed by atoms with Crippen molar-refractivity contribution >= 4 is 11.7 Å². The van der Waals surface area contributed by atoms with Gasteiger partial charge in [-0.1, -0.05) is 0 Å². The van der Waals surface area contributed by atoms with Crippen molar-refractivity contribution < 1.29 is 14.6 Å². The van der Waals surface area contributed by atoms with Crippen LogP contribution in [0.2, 0.25) is 0 Å². The molecule has 1 aromatic heterocycles. The number of aliphatic hydroxyl groups is 1. The van der Waals surface area contributed by atoms with Gasteiger partial charge < -0.3 is 20.5 Å². The number of anilines is 1. The molecule has 100 valence electrons. The molecule has 0 aliphatic carbocycles. The molecule has 0 aliphatic heterocycles. The first-order chi connectivity index (χ1) is 8.77. The van der Waals surface area contributed by atoms with Crippen molar-refractivity contribution in [2.75, 3.05) is 38.7 Å². The second-order valence-corrected chi connectivity index (χ2v) is 3.50. The van der Waals surface area contributed by atoms with E-state index in [0.29, 0.717) is 25.6 Å². The summed E-state index contributed by atoms with van der Waals surface area (Å²) in [7, 11) is 1.54. The maximum absolute atomic E-state index is 11.2. The summed E-state index contributed by atoms with van der Waals surface area (Å²) in [6.45, 7) is 1.68. The molecule has 1 heterocycles. The van der Waals surface area contributed by atoms with Gasteiger partial charge in [0, 0.05) is 20.2 Å². The van der Waals surface area contributed by atoms with Crippen molar-refractivity contribution in [3.63, 3.8) is 0 Å². The summed E-state index contributed by atoms with van der Waals surface area (Å²) in [6, 6.07) is 3.31. The van der Waals surface area contributed by atoms with Gasteiger partial charge in [0.1, 0.15) is 5.82 Å². The smallest absolute Gasteiger partial charge is 0.271 e. The lowest BCUT2D eigenvalue weighted by Gasteiger charge is -2.05. The minimum Gasteiger partial charge on any atom is -0.394 e. The fourth-order valence-electron chi connectivity index (χ4n) is 1.23. The average Bonchev–Trinajstić information content (AvgIpc) is 2.42. The van der Waals surface area contributed by atoms with Crippen LogP contribution in [0, 0.1) is 0 Å². The van der Waals surface area contributed by atoms with Gasteiger partial charge in [0.25, 0.3) is 5.91 Å². The van der Waals surface area contributed by atoms with Crippen LogP contribution in [0.15, 0.2) is 12.1 Å². The molecule has 7 heteroatoms. The Balaban J connectivity index is 2.25. The van der Waals surface area contributed by atoms with E-state index < -0.39 is 0 Å². The van der Waals surface area contributed by atoms with Gasteiger partial charge in [-0.25, -0.2) is 0 Å². The lowest BCUT2D eigenvalue weighted by molar-refractivity contribution is 0.0922. The first kappa shape index (κ1) is 14.3. The lowest BCUT2D eigenvalue weighted by Crippen LogP contribution is -2.19. The van der Waals surface area contributed by atoms with Crippen LogP contribution >= 0.6 is 0 Å². The van der Waals surface area contributed by atoms with Crippen LogP contribution in [0.4, 0.5) is 5.82 Å². The largest absolute Gasteiger partial charge is 0.394 e. The number of carbonyl (C=O) groups excluding carboxylic acids is 1. The van der Waals surface area contributed by atoms with E-state index in [2.05, 4.69) is 20.8 Å². The zero-order chi connectivity index (χ0) is 13.2. The molecular formula is C11H18N4O3. The highest BCUT2D eigenvalue weighted by Crippen LogP contribution is 2.01. The Kier molecular flexibility index (Phi) is 6.67. The standard InChI is InChI=1S/C11H18N4O3/c1-12-11(17)9-3-4-10(15-14-9)13-5-2-7-18-8-6-16/h3-4,16H,2,5-8H2,1H3,(H,12,17)(H,13,15). The predicted molar refractivity (Wildman–Crippen MR) is 66.4 cm³/mol. The van der Waals surface area contributed by atoms with Gasteiger partial charge in [-0.05, 0) is 18.6 Å². The number of nitrogens with one attached hydrogen (secondary N) is 2. The van der Waals surface area contributed by atoms with Crippen molar-refractivity contribution in [1.82, 2.24) is 15.5 Å². The van der Waals surface area contributed by atoms with Gasteiger partial charge in [-0.3, -0.25) is 4.79 Å². The molecule has 1 amide bonds. The molecule has 0 saturated heterocycles. The fraction of sp³-hybridized carbons (Fsp3) is 0.545. The minimum atomic E-state index is -0.258. The molecule has 0 bridgehead atoms. The summed E-state index contributed by atoms with van der Waals surface area (Å²) in [6.07, 6.45) is 0.804. The molecule has 0 radical (unpaired) electrons. The van der Waals surface area contributed by atoms with Crippen LogP contribution in [-0.4, -0.2) is 54.6 Å². The summed E-state index contributed by atoms with van der Waals surface area (Å²) >= 11 is 0. The average molecular weight is 254 g/mol. The molecule has 1 rings (SSSR count). The Labute approximate surface area is 106 Å². The highest BCUT2D eigenvalue weighted by atomic mass is 16.5. The van der Waals surface area contributed by atoms with E-state index in [9.17, 15) is 4.79 Å². The topological polar surface area (TPSA) is 96.4 Å². The van der Waals surface area contributed by atoms with E-state index in [1.165, 1.54) is 0 Å². The Bertz CT molecular complexity index is 356. The molecule has 0 spiro atoms. The maximum atomic E-state index is 11.2. The summed E-state index contributed by atoms with van der Waals surface area (Å²) < 4.78 is 5.11. The number of aliphatic hydroxyl groups excluding tert-OH is 1. The number of hydrogen-bond acceptors (Lipinski definition) is 6. The molecule has 0 unspecified atom stereocenters. The Morgan fingerprint density at radius 3 is 2.83 bits per heavy atom. The van der Waals surface area contributed by atoms with Gasteiger partial charge in [0.2, 0.25) is 0 Å². The summed E-state index contributed by atoms with van der Waals surface area (Å²) in [5.74, 6) is 0.358. The number of rotatable bonds is 8. The second-order valence-electron chi connectivity index (χ2n) is 3.50. The van der Waals surface area contributed by atoms with Crippen LogP contribution in [-0.2, 0) is 4.74 Å². The van der Waals surface area contributed by atoms with Crippen LogP contribution < -0.4 is 10.6 Å². The predicted octanol–water partition coefficient (Wildman–Crippen LogP) is -0.353. The molecule has 1 aromatic rings. The first-order valence-electron chi connectivity index (χ1n) is 5.76. The molecule has 3 N–H and O–H groups in total. The monoisotopic (exact) mass is 254 g/mol.